The Hall–Kier alpha value is -0.650. The highest BCUT2D eigenvalue weighted by atomic mass is 35.5. The van der Waals surface area contributed by atoms with Gasteiger partial charge in [-0.25, -0.2) is 0 Å². The largest absolute Gasteiger partial charge is 0.330 e. The maximum absolute atomic E-state index is 5.70. The summed E-state index contributed by atoms with van der Waals surface area (Å²) in [6.07, 6.45) is 4.50. The maximum Gasteiger partial charge on any atom is 0.0967 e. The lowest BCUT2D eigenvalue weighted by molar-refractivity contribution is 0.169. The van der Waals surface area contributed by atoms with Gasteiger partial charge < -0.3 is 5.73 Å². The van der Waals surface area contributed by atoms with Crippen molar-refractivity contribution in [3.05, 3.63) is 11.9 Å². The van der Waals surface area contributed by atoms with Gasteiger partial charge in [0.1, 0.15) is 0 Å². The van der Waals surface area contributed by atoms with Crippen LogP contribution in [-0.4, -0.2) is 39.5 Å². The van der Waals surface area contributed by atoms with Crippen molar-refractivity contribution in [2.24, 2.45) is 18.7 Å². The first kappa shape index (κ1) is 13.4. The highest BCUT2D eigenvalue weighted by Crippen LogP contribution is 2.16. The molecule has 5 nitrogen and oxygen atoms in total. The Kier molecular flexibility index (Phi) is 5.18. The predicted octanol–water partition coefficient (Wildman–Crippen LogP) is 0.408. The number of piperidine rings is 1. The quantitative estimate of drug-likeness (QED) is 0.838. The van der Waals surface area contributed by atoms with Crippen molar-refractivity contribution in [2.75, 3.05) is 19.6 Å². The fourth-order valence-corrected chi connectivity index (χ4v) is 2.18. The van der Waals surface area contributed by atoms with Gasteiger partial charge in [-0.3, -0.25) is 9.58 Å². The number of aromatic nitrogens is 3. The minimum Gasteiger partial charge on any atom is -0.330 e. The van der Waals surface area contributed by atoms with Gasteiger partial charge in [0.15, 0.2) is 0 Å². The van der Waals surface area contributed by atoms with Gasteiger partial charge in [0.05, 0.1) is 5.69 Å². The molecule has 1 aromatic rings. The lowest BCUT2D eigenvalue weighted by Gasteiger charge is -2.31. The molecule has 0 radical (unpaired) electrons. The van der Waals surface area contributed by atoms with Crippen molar-refractivity contribution in [1.29, 1.82) is 0 Å². The smallest absolute Gasteiger partial charge is 0.0967 e. The van der Waals surface area contributed by atoms with Crippen LogP contribution in [0.1, 0.15) is 18.5 Å². The van der Waals surface area contributed by atoms with Crippen molar-refractivity contribution in [3.63, 3.8) is 0 Å². The molecule has 0 amide bonds. The summed E-state index contributed by atoms with van der Waals surface area (Å²) in [5, 5.41) is 8.04. The highest BCUT2D eigenvalue weighted by molar-refractivity contribution is 5.85. The molecule has 1 unspecified atom stereocenters. The zero-order chi connectivity index (χ0) is 10.7. The van der Waals surface area contributed by atoms with E-state index in [0.717, 1.165) is 31.9 Å². The number of nitrogens with two attached hydrogens (primary N) is 1. The van der Waals surface area contributed by atoms with E-state index in [4.69, 9.17) is 5.73 Å². The first-order chi connectivity index (χ1) is 7.28. The maximum atomic E-state index is 5.70. The van der Waals surface area contributed by atoms with Crippen LogP contribution in [0, 0.1) is 5.92 Å². The molecular weight excluding hydrogens is 226 g/mol. The van der Waals surface area contributed by atoms with Crippen LogP contribution >= 0.6 is 12.4 Å². The Balaban J connectivity index is 0.00000128. The van der Waals surface area contributed by atoms with Crippen LogP contribution in [0.3, 0.4) is 0 Å². The van der Waals surface area contributed by atoms with Crippen LogP contribution < -0.4 is 5.73 Å². The van der Waals surface area contributed by atoms with Crippen LogP contribution in [0.25, 0.3) is 0 Å². The Morgan fingerprint density at radius 3 is 3.00 bits per heavy atom. The van der Waals surface area contributed by atoms with Crippen molar-refractivity contribution >= 4 is 12.4 Å². The lowest BCUT2D eigenvalue weighted by Crippen LogP contribution is -2.37. The lowest BCUT2D eigenvalue weighted by atomic mass is 9.98. The number of hydrogen-bond acceptors (Lipinski definition) is 4. The van der Waals surface area contributed by atoms with E-state index in [1.165, 1.54) is 12.8 Å². The van der Waals surface area contributed by atoms with E-state index in [1.807, 2.05) is 13.2 Å². The van der Waals surface area contributed by atoms with Gasteiger partial charge in [-0.05, 0) is 31.8 Å². The molecule has 2 rings (SSSR count). The third kappa shape index (κ3) is 3.43. The molecule has 2 N–H and O–H groups in total. The van der Waals surface area contributed by atoms with Crippen LogP contribution in [0.2, 0.25) is 0 Å². The molecular formula is C10H20ClN5. The van der Waals surface area contributed by atoms with E-state index >= 15 is 0 Å². The van der Waals surface area contributed by atoms with E-state index in [-0.39, 0.29) is 12.4 Å². The third-order valence-electron chi connectivity index (χ3n) is 2.97. The molecule has 1 aliphatic heterocycles. The van der Waals surface area contributed by atoms with E-state index < -0.39 is 0 Å². The number of aryl methyl sites for hydroxylation is 1. The van der Waals surface area contributed by atoms with Crippen LogP contribution in [0.15, 0.2) is 6.20 Å². The molecule has 1 aliphatic rings. The molecule has 0 aliphatic carbocycles. The Morgan fingerprint density at radius 2 is 2.38 bits per heavy atom. The van der Waals surface area contributed by atoms with Gasteiger partial charge in [-0.2, -0.15) is 0 Å². The molecule has 1 saturated heterocycles. The van der Waals surface area contributed by atoms with Crippen molar-refractivity contribution in [1.82, 2.24) is 19.9 Å². The Morgan fingerprint density at radius 1 is 1.56 bits per heavy atom. The predicted molar refractivity (Wildman–Crippen MR) is 65.3 cm³/mol. The van der Waals surface area contributed by atoms with Gasteiger partial charge >= 0.3 is 0 Å². The average molecular weight is 246 g/mol. The van der Waals surface area contributed by atoms with Crippen LogP contribution in [0.5, 0.6) is 0 Å². The number of likely N-dealkylation sites (tertiary alicyclic amines) is 1. The highest BCUT2D eigenvalue weighted by Gasteiger charge is 2.19. The molecule has 0 saturated carbocycles. The van der Waals surface area contributed by atoms with E-state index in [2.05, 4.69) is 15.2 Å². The number of nitrogens with zero attached hydrogens (tertiary/aromatic N) is 4. The number of rotatable bonds is 3. The molecule has 0 spiro atoms. The van der Waals surface area contributed by atoms with Gasteiger partial charge in [0.25, 0.3) is 0 Å². The average Bonchev–Trinajstić information content (AvgIpc) is 2.64. The second kappa shape index (κ2) is 6.18. The third-order valence-corrected chi connectivity index (χ3v) is 2.97. The zero-order valence-electron chi connectivity index (χ0n) is 9.67. The van der Waals surface area contributed by atoms with E-state index in [0.29, 0.717) is 5.92 Å². The zero-order valence-corrected chi connectivity index (χ0v) is 10.5. The van der Waals surface area contributed by atoms with E-state index in [9.17, 15) is 0 Å². The summed E-state index contributed by atoms with van der Waals surface area (Å²) in [6, 6.07) is 0. The van der Waals surface area contributed by atoms with Gasteiger partial charge in [-0.15, -0.1) is 17.5 Å². The van der Waals surface area contributed by atoms with Crippen molar-refractivity contribution in [2.45, 2.75) is 19.4 Å². The normalized spacial score (nSPS) is 21.8. The number of hydrogen-bond donors (Lipinski definition) is 1. The SMILES string of the molecule is Cl.Cn1cc(CN2CCCC(CN)C2)nn1. The summed E-state index contributed by atoms with van der Waals surface area (Å²) in [5.74, 6) is 0.662. The molecule has 92 valence electrons. The summed E-state index contributed by atoms with van der Waals surface area (Å²) >= 11 is 0. The standard InChI is InChI=1S/C10H19N5.ClH/c1-14-7-10(12-13-14)8-15-4-2-3-9(5-11)6-15;/h7,9H,2-6,8,11H2,1H3;1H. The first-order valence-corrected chi connectivity index (χ1v) is 5.55. The molecule has 1 atom stereocenters. The van der Waals surface area contributed by atoms with Gasteiger partial charge in [0.2, 0.25) is 0 Å². The Labute approximate surface area is 102 Å². The summed E-state index contributed by atoms with van der Waals surface area (Å²) in [6.45, 7) is 3.97. The minimum absolute atomic E-state index is 0. The monoisotopic (exact) mass is 245 g/mol. The molecule has 0 aromatic carbocycles. The van der Waals surface area contributed by atoms with E-state index in [1.54, 1.807) is 4.68 Å². The molecule has 6 heteroatoms. The summed E-state index contributed by atoms with van der Waals surface area (Å²) in [7, 11) is 1.90. The second-order valence-corrected chi connectivity index (χ2v) is 4.36. The van der Waals surface area contributed by atoms with Crippen molar-refractivity contribution in [3.8, 4) is 0 Å². The van der Waals surface area contributed by atoms with Gasteiger partial charge in [-0.1, -0.05) is 5.21 Å². The fourth-order valence-electron chi connectivity index (χ4n) is 2.18. The van der Waals surface area contributed by atoms with Crippen LogP contribution in [0.4, 0.5) is 0 Å². The molecule has 16 heavy (non-hydrogen) atoms. The first-order valence-electron chi connectivity index (χ1n) is 5.55. The Bertz CT molecular complexity index is 314. The second-order valence-electron chi connectivity index (χ2n) is 4.36. The molecule has 0 bridgehead atoms. The fraction of sp³-hybridized carbons (Fsp3) is 0.800. The van der Waals surface area contributed by atoms with Gasteiger partial charge in [0, 0.05) is 26.3 Å². The summed E-state index contributed by atoms with van der Waals surface area (Å²) < 4.78 is 1.75. The van der Waals surface area contributed by atoms with Crippen molar-refractivity contribution < 1.29 is 0 Å². The summed E-state index contributed by atoms with van der Waals surface area (Å²) in [4.78, 5) is 2.42. The summed E-state index contributed by atoms with van der Waals surface area (Å²) in [5.41, 5.74) is 6.76. The van der Waals surface area contributed by atoms with Crippen LogP contribution in [-0.2, 0) is 13.6 Å². The minimum atomic E-state index is 0. The number of halogens is 1. The molecule has 1 aromatic heterocycles. The molecule has 2 heterocycles. The topological polar surface area (TPSA) is 60.0 Å². The molecule has 1 fully saturated rings.